The number of primary amides is 1. The molecule has 5 rings (SSSR count). The highest BCUT2D eigenvalue weighted by Crippen LogP contribution is 2.35. The number of thiophene rings is 1. The van der Waals surface area contributed by atoms with Crippen LogP contribution in [0.4, 0.5) is 5.95 Å². The molecular formula is C24H24N6O2S. The van der Waals surface area contributed by atoms with Gasteiger partial charge < -0.3 is 21.4 Å². The Morgan fingerprint density at radius 2 is 2.00 bits per heavy atom. The van der Waals surface area contributed by atoms with E-state index in [4.69, 9.17) is 21.4 Å². The largest absolute Gasteiger partial charge is 0.366 e. The van der Waals surface area contributed by atoms with Gasteiger partial charge in [0.15, 0.2) is 6.29 Å². The van der Waals surface area contributed by atoms with Crippen LogP contribution in [0.1, 0.15) is 24.1 Å². The molecule has 0 aliphatic carbocycles. The van der Waals surface area contributed by atoms with Gasteiger partial charge in [-0.15, -0.1) is 11.3 Å². The summed E-state index contributed by atoms with van der Waals surface area (Å²) < 4.78 is 0.866. The van der Waals surface area contributed by atoms with Gasteiger partial charge in [-0.1, -0.05) is 18.2 Å². The second-order valence-electron chi connectivity index (χ2n) is 8.19. The van der Waals surface area contributed by atoms with Gasteiger partial charge in [-0.3, -0.25) is 9.59 Å². The van der Waals surface area contributed by atoms with Crippen LogP contribution in [-0.2, 0) is 9.59 Å². The van der Waals surface area contributed by atoms with Crippen LogP contribution in [0.15, 0.2) is 41.9 Å². The summed E-state index contributed by atoms with van der Waals surface area (Å²) in [5.41, 5.74) is 14.6. The molecule has 3 aromatic heterocycles. The first-order valence-corrected chi connectivity index (χ1v) is 11.7. The van der Waals surface area contributed by atoms with E-state index < -0.39 is 5.91 Å². The maximum Gasteiger partial charge on any atom is 0.250 e. The van der Waals surface area contributed by atoms with Gasteiger partial charge in [-0.2, -0.15) is 0 Å². The summed E-state index contributed by atoms with van der Waals surface area (Å²) >= 11 is 1.48. The molecule has 0 spiro atoms. The summed E-state index contributed by atoms with van der Waals surface area (Å²) in [6, 6.07) is 9.42. The molecule has 1 fully saturated rings. The van der Waals surface area contributed by atoms with Crippen molar-refractivity contribution in [2.24, 2.45) is 17.4 Å². The Labute approximate surface area is 194 Å². The van der Waals surface area contributed by atoms with Gasteiger partial charge in [0.05, 0.1) is 32.6 Å². The fourth-order valence-corrected chi connectivity index (χ4v) is 5.34. The van der Waals surface area contributed by atoms with Crippen LogP contribution in [0.2, 0.25) is 0 Å². The van der Waals surface area contributed by atoms with Crippen LogP contribution < -0.4 is 16.4 Å². The van der Waals surface area contributed by atoms with E-state index in [1.165, 1.54) is 11.3 Å². The number of hydrogen-bond acceptors (Lipinski definition) is 7. The minimum Gasteiger partial charge on any atom is -0.366 e. The molecular weight excluding hydrogens is 436 g/mol. The number of aldehydes is 1. The molecule has 33 heavy (non-hydrogen) atoms. The molecule has 0 saturated carbocycles. The summed E-state index contributed by atoms with van der Waals surface area (Å²) in [6.45, 7) is 2.25. The van der Waals surface area contributed by atoms with Crippen molar-refractivity contribution in [2.75, 3.05) is 24.5 Å². The van der Waals surface area contributed by atoms with Gasteiger partial charge in [-0.25, -0.2) is 9.97 Å². The Morgan fingerprint density at radius 1 is 1.21 bits per heavy atom. The number of aromatic nitrogens is 3. The zero-order valence-corrected chi connectivity index (χ0v) is 18.8. The number of H-pyrrole nitrogens is 1. The van der Waals surface area contributed by atoms with Gasteiger partial charge in [0.25, 0.3) is 0 Å². The first kappa shape index (κ1) is 21.3. The quantitative estimate of drug-likeness (QED) is 0.299. The summed E-state index contributed by atoms with van der Waals surface area (Å²) in [4.78, 5) is 40.0. The van der Waals surface area contributed by atoms with E-state index in [2.05, 4.69) is 9.88 Å². The van der Waals surface area contributed by atoms with Crippen LogP contribution in [-0.4, -0.2) is 46.8 Å². The van der Waals surface area contributed by atoms with Crippen molar-refractivity contribution in [3.05, 3.63) is 53.2 Å². The number of piperidine rings is 1. The van der Waals surface area contributed by atoms with Crippen molar-refractivity contribution < 1.29 is 9.59 Å². The predicted octanol–water partition coefficient (Wildman–Crippen LogP) is 2.94. The Hall–Kier alpha value is -3.56. The van der Waals surface area contributed by atoms with Crippen molar-refractivity contribution in [1.82, 2.24) is 15.0 Å². The molecule has 168 valence electrons. The molecule has 1 saturated heterocycles. The standard InChI is InChI=1S/C24H24N6O2S/c25-11-14-5-8-30(9-6-14)24-28-18-4-2-1-3-15(18)21(29-24)17(13-31)20(23(26)32)16-12-27-19-7-10-33-22(16)19/h1-4,7,10,12-14,27H,5-6,8-9,11,25H2,(H2,26,32)/b20-17+. The fraction of sp³-hybridized carbons (Fsp3) is 0.250. The third-order valence-electron chi connectivity index (χ3n) is 6.26. The van der Waals surface area contributed by atoms with E-state index in [0.717, 1.165) is 36.1 Å². The normalized spacial score (nSPS) is 15.7. The van der Waals surface area contributed by atoms with Crippen LogP contribution in [0.5, 0.6) is 0 Å². The molecule has 0 radical (unpaired) electrons. The van der Waals surface area contributed by atoms with E-state index in [1.54, 1.807) is 6.20 Å². The average Bonchev–Trinajstić information content (AvgIpc) is 3.46. The molecule has 0 atom stereocenters. The van der Waals surface area contributed by atoms with Gasteiger partial charge in [-0.05, 0) is 42.8 Å². The number of allylic oxidation sites excluding steroid dienone is 1. The second kappa shape index (κ2) is 8.76. The van der Waals surface area contributed by atoms with Gasteiger partial charge >= 0.3 is 0 Å². The minimum absolute atomic E-state index is 0.148. The lowest BCUT2D eigenvalue weighted by Gasteiger charge is -2.31. The monoisotopic (exact) mass is 460 g/mol. The van der Waals surface area contributed by atoms with Crippen LogP contribution >= 0.6 is 11.3 Å². The zero-order chi connectivity index (χ0) is 22.9. The number of carbonyl (C=O) groups is 2. The number of anilines is 1. The number of nitrogens with two attached hydrogens (primary N) is 2. The third kappa shape index (κ3) is 3.79. The molecule has 1 aromatic carbocycles. The summed E-state index contributed by atoms with van der Waals surface area (Å²) in [6.07, 6.45) is 4.31. The zero-order valence-electron chi connectivity index (χ0n) is 18.0. The molecule has 0 bridgehead atoms. The topological polar surface area (TPSA) is 131 Å². The highest BCUT2D eigenvalue weighted by atomic mass is 32.1. The van der Waals surface area contributed by atoms with Crippen molar-refractivity contribution in [2.45, 2.75) is 12.8 Å². The van der Waals surface area contributed by atoms with E-state index in [9.17, 15) is 9.59 Å². The number of aromatic amines is 1. The maximum atomic E-state index is 12.7. The number of fused-ring (bicyclic) bond motifs is 2. The van der Waals surface area contributed by atoms with E-state index >= 15 is 0 Å². The molecule has 4 heterocycles. The molecule has 0 unspecified atom stereocenters. The summed E-state index contributed by atoms with van der Waals surface area (Å²) in [5.74, 6) is 0.354. The van der Waals surface area contributed by atoms with Crippen LogP contribution in [0.3, 0.4) is 0 Å². The fourth-order valence-electron chi connectivity index (χ4n) is 4.46. The van der Waals surface area contributed by atoms with Crippen molar-refractivity contribution in [1.29, 1.82) is 0 Å². The SMILES string of the molecule is NCC1CCN(c2nc(/C(C=O)=C(/C(N)=O)c3c[nH]c4ccsc34)c3ccccc3n2)CC1. The van der Waals surface area contributed by atoms with Crippen LogP contribution in [0.25, 0.3) is 32.3 Å². The van der Waals surface area contributed by atoms with Crippen molar-refractivity contribution in [3.63, 3.8) is 0 Å². The molecule has 4 aromatic rings. The van der Waals surface area contributed by atoms with Gasteiger partial charge in [0.1, 0.15) is 0 Å². The lowest BCUT2D eigenvalue weighted by atomic mass is 9.96. The van der Waals surface area contributed by atoms with Crippen molar-refractivity contribution >= 4 is 61.7 Å². The lowest BCUT2D eigenvalue weighted by Crippen LogP contribution is -2.37. The minimum atomic E-state index is -0.681. The number of para-hydroxylation sites is 1. The number of amides is 1. The first-order chi connectivity index (χ1) is 16.1. The van der Waals surface area contributed by atoms with Gasteiger partial charge in [0, 0.05) is 30.2 Å². The number of rotatable bonds is 6. The average molecular weight is 461 g/mol. The Morgan fingerprint density at radius 3 is 2.73 bits per heavy atom. The number of nitrogens with one attached hydrogen (secondary N) is 1. The number of benzene rings is 1. The maximum absolute atomic E-state index is 12.7. The van der Waals surface area contributed by atoms with E-state index in [-0.39, 0.29) is 11.1 Å². The van der Waals surface area contributed by atoms with Gasteiger partial charge in [0.2, 0.25) is 11.9 Å². The van der Waals surface area contributed by atoms with E-state index in [0.29, 0.717) is 46.9 Å². The Balaban J connectivity index is 1.72. The molecule has 9 heteroatoms. The molecule has 1 aliphatic rings. The third-order valence-corrected chi connectivity index (χ3v) is 7.21. The number of hydrogen-bond donors (Lipinski definition) is 3. The van der Waals surface area contributed by atoms with E-state index in [1.807, 2.05) is 35.7 Å². The highest BCUT2D eigenvalue weighted by Gasteiger charge is 2.25. The number of nitrogens with zero attached hydrogens (tertiary/aromatic N) is 3. The molecule has 5 N–H and O–H groups in total. The molecule has 8 nitrogen and oxygen atoms in total. The second-order valence-corrected chi connectivity index (χ2v) is 9.11. The Kier molecular flexibility index (Phi) is 5.65. The van der Waals surface area contributed by atoms with Crippen molar-refractivity contribution in [3.8, 4) is 0 Å². The highest BCUT2D eigenvalue weighted by molar-refractivity contribution is 7.17. The number of carbonyl (C=O) groups excluding carboxylic acids is 2. The first-order valence-electron chi connectivity index (χ1n) is 10.9. The Bertz CT molecular complexity index is 1380. The summed E-state index contributed by atoms with van der Waals surface area (Å²) in [5, 5.41) is 2.62. The molecule has 1 aliphatic heterocycles. The molecule has 1 amide bonds. The smallest absolute Gasteiger partial charge is 0.250 e. The van der Waals surface area contributed by atoms with Crippen LogP contribution in [0, 0.1) is 5.92 Å². The predicted molar refractivity (Wildman–Crippen MR) is 132 cm³/mol. The lowest BCUT2D eigenvalue weighted by molar-refractivity contribution is -0.113. The summed E-state index contributed by atoms with van der Waals surface area (Å²) in [7, 11) is 0.